The second kappa shape index (κ2) is 10.0. The highest BCUT2D eigenvalue weighted by atomic mass is 16.5. The molecule has 3 heterocycles. The summed E-state index contributed by atoms with van der Waals surface area (Å²) < 4.78 is 16.9. The van der Waals surface area contributed by atoms with E-state index in [0.717, 1.165) is 57.3 Å². The Kier molecular flexibility index (Phi) is 6.92. The maximum Gasteiger partial charge on any atom is 0.220 e. The van der Waals surface area contributed by atoms with Crippen molar-refractivity contribution in [2.75, 3.05) is 46.1 Å². The first-order valence-corrected chi connectivity index (χ1v) is 10.5. The molecule has 1 amide bonds. The van der Waals surface area contributed by atoms with E-state index in [1.807, 2.05) is 30.3 Å². The van der Waals surface area contributed by atoms with E-state index < -0.39 is 0 Å². The summed E-state index contributed by atoms with van der Waals surface area (Å²) >= 11 is 0. The predicted molar refractivity (Wildman–Crippen MR) is 108 cm³/mol. The molecule has 1 aromatic heterocycles. The van der Waals surface area contributed by atoms with E-state index in [0.29, 0.717) is 37.2 Å². The van der Waals surface area contributed by atoms with Gasteiger partial charge in [0.2, 0.25) is 5.91 Å². The minimum absolute atomic E-state index is 0.0293. The van der Waals surface area contributed by atoms with E-state index in [4.69, 9.17) is 13.9 Å². The molecule has 4 rings (SSSR count). The van der Waals surface area contributed by atoms with E-state index >= 15 is 0 Å². The number of carbonyl (C=O) groups is 1. The van der Waals surface area contributed by atoms with Gasteiger partial charge in [0.05, 0.1) is 26.0 Å². The fourth-order valence-electron chi connectivity index (χ4n) is 4.05. The summed E-state index contributed by atoms with van der Waals surface area (Å²) in [5.41, 5.74) is 0.989. The lowest BCUT2D eigenvalue weighted by molar-refractivity contribution is -0.121. The Morgan fingerprint density at radius 3 is 2.76 bits per heavy atom. The van der Waals surface area contributed by atoms with Crippen LogP contribution in [0.4, 0.5) is 0 Å². The van der Waals surface area contributed by atoms with Crippen LogP contribution in [0.1, 0.15) is 18.7 Å². The molecule has 2 aliphatic heterocycles. The summed E-state index contributed by atoms with van der Waals surface area (Å²) in [6.07, 6.45) is 3.63. The number of carbonyl (C=O) groups excluding carboxylic acids is 1. The molecule has 0 bridgehead atoms. The molecule has 2 saturated heterocycles. The number of ether oxygens (including phenoxy) is 2. The first kappa shape index (κ1) is 20.1. The standard InChI is InChI=1S/C22H29N3O4/c26-21(6-7-22-24-15-20(29-22)17-4-2-1-3-5-17)23-14-19(18-8-11-28-16-18)25-9-12-27-13-10-25/h1-5,15,18-19H,6-14,16H2,(H,23,26). The number of hydrogen-bond acceptors (Lipinski definition) is 6. The third kappa shape index (κ3) is 5.44. The monoisotopic (exact) mass is 399 g/mol. The summed E-state index contributed by atoms with van der Waals surface area (Å²) in [4.78, 5) is 19.2. The molecule has 1 N–H and O–H groups in total. The molecule has 7 heteroatoms. The molecule has 0 saturated carbocycles. The Bertz CT molecular complexity index is 767. The predicted octanol–water partition coefficient (Wildman–Crippen LogP) is 2.13. The van der Waals surface area contributed by atoms with Crippen molar-refractivity contribution in [1.29, 1.82) is 0 Å². The molecule has 7 nitrogen and oxygen atoms in total. The van der Waals surface area contributed by atoms with Crippen LogP contribution < -0.4 is 5.32 Å². The van der Waals surface area contributed by atoms with Crippen LogP contribution in [-0.4, -0.2) is 67.9 Å². The Hall–Kier alpha value is -2.22. The molecule has 2 unspecified atom stereocenters. The van der Waals surface area contributed by atoms with E-state index in [1.165, 1.54) is 0 Å². The quantitative estimate of drug-likeness (QED) is 0.733. The number of oxazole rings is 1. The zero-order valence-electron chi connectivity index (χ0n) is 16.7. The first-order chi connectivity index (χ1) is 14.3. The van der Waals surface area contributed by atoms with Gasteiger partial charge >= 0.3 is 0 Å². The van der Waals surface area contributed by atoms with Crippen molar-refractivity contribution in [3.05, 3.63) is 42.4 Å². The molecule has 2 fully saturated rings. The van der Waals surface area contributed by atoms with E-state index in [-0.39, 0.29) is 5.91 Å². The van der Waals surface area contributed by atoms with Crippen LogP contribution in [-0.2, 0) is 20.7 Å². The molecule has 0 radical (unpaired) electrons. The number of hydrogen-bond donors (Lipinski definition) is 1. The number of benzene rings is 1. The number of nitrogens with one attached hydrogen (secondary N) is 1. The molecular formula is C22H29N3O4. The Labute approximate surface area is 171 Å². The van der Waals surface area contributed by atoms with Gasteiger partial charge in [-0.05, 0) is 6.42 Å². The Morgan fingerprint density at radius 1 is 1.17 bits per heavy atom. The number of aromatic nitrogens is 1. The van der Waals surface area contributed by atoms with Crippen LogP contribution in [0, 0.1) is 5.92 Å². The maximum absolute atomic E-state index is 12.4. The minimum Gasteiger partial charge on any atom is -0.441 e. The number of rotatable bonds is 8. The molecule has 1 aromatic carbocycles. The fraction of sp³-hybridized carbons (Fsp3) is 0.545. The average molecular weight is 399 g/mol. The molecule has 156 valence electrons. The molecule has 2 aliphatic rings. The largest absolute Gasteiger partial charge is 0.441 e. The van der Waals surface area contributed by atoms with Gasteiger partial charge in [0.15, 0.2) is 11.7 Å². The number of morpholine rings is 1. The van der Waals surface area contributed by atoms with Gasteiger partial charge in [0.1, 0.15) is 0 Å². The summed E-state index contributed by atoms with van der Waals surface area (Å²) in [5, 5.41) is 3.12. The zero-order chi connectivity index (χ0) is 19.9. The number of nitrogens with zero attached hydrogens (tertiary/aromatic N) is 2. The van der Waals surface area contributed by atoms with Crippen molar-refractivity contribution in [2.24, 2.45) is 5.92 Å². The van der Waals surface area contributed by atoms with Gasteiger partial charge < -0.3 is 19.2 Å². The SMILES string of the molecule is O=C(CCc1ncc(-c2ccccc2)o1)NCC(C1CCOC1)N1CCOCC1. The molecule has 29 heavy (non-hydrogen) atoms. The van der Waals surface area contributed by atoms with E-state index in [2.05, 4.69) is 15.2 Å². The number of aryl methyl sites for hydroxylation is 1. The lowest BCUT2D eigenvalue weighted by atomic mass is 9.97. The molecular weight excluding hydrogens is 370 g/mol. The van der Waals surface area contributed by atoms with Crippen LogP contribution in [0.2, 0.25) is 0 Å². The second-order valence-electron chi connectivity index (χ2n) is 7.63. The summed E-state index contributed by atoms with van der Waals surface area (Å²) in [6, 6.07) is 10.2. The Balaban J connectivity index is 1.27. The smallest absolute Gasteiger partial charge is 0.220 e. The van der Waals surface area contributed by atoms with Gasteiger partial charge in [-0.15, -0.1) is 0 Å². The van der Waals surface area contributed by atoms with Crippen LogP contribution in [0.5, 0.6) is 0 Å². The highest BCUT2D eigenvalue weighted by Gasteiger charge is 2.31. The molecule has 2 atom stereocenters. The molecule has 0 aliphatic carbocycles. The van der Waals surface area contributed by atoms with Crippen molar-refractivity contribution in [3.63, 3.8) is 0 Å². The second-order valence-corrected chi connectivity index (χ2v) is 7.63. The van der Waals surface area contributed by atoms with Gasteiger partial charge in [-0.25, -0.2) is 4.98 Å². The van der Waals surface area contributed by atoms with Crippen LogP contribution >= 0.6 is 0 Å². The lowest BCUT2D eigenvalue weighted by Crippen LogP contribution is -2.52. The summed E-state index contributed by atoms with van der Waals surface area (Å²) in [5.74, 6) is 1.82. The Morgan fingerprint density at radius 2 is 2.00 bits per heavy atom. The fourth-order valence-corrected chi connectivity index (χ4v) is 4.05. The van der Waals surface area contributed by atoms with Gasteiger partial charge in [-0.3, -0.25) is 9.69 Å². The molecule has 2 aromatic rings. The highest BCUT2D eigenvalue weighted by molar-refractivity contribution is 5.76. The third-order valence-corrected chi connectivity index (χ3v) is 5.71. The first-order valence-electron chi connectivity index (χ1n) is 10.5. The van der Waals surface area contributed by atoms with Gasteiger partial charge in [0.25, 0.3) is 0 Å². The van der Waals surface area contributed by atoms with E-state index in [9.17, 15) is 4.79 Å². The van der Waals surface area contributed by atoms with Crippen molar-refractivity contribution < 1.29 is 18.7 Å². The summed E-state index contributed by atoms with van der Waals surface area (Å²) in [6.45, 7) is 5.57. The highest BCUT2D eigenvalue weighted by Crippen LogP contribution is 2.22. The summed E-state index contributed by atoms with van der Waals surface area (Å²) in [7, 11) is 0. The van der Waals surface area contributed by atoms with Crippen molar-refractivity contribution in [1.82, 2.24) is 15.2 Å². The van der Waals surface area contributed by atoms with Crippen LogP contribution in [0.15, 0.2) is 40.9 Å². The van der Waals surface area contributed by atoms with Crippen molar-refractivity contribution in [3.8, 4) is 11.3 Å². The maximum atomic E-state index is 12.4. The number of amides is 1. The van der Waals surface area contributed by atoms with Crippen LogP contribution in [0.25, 0.3) is 11.3 Å². The normalized spacial score (nSPS) is 21.2. The van der Waals surface area contributed by atoms with Crippen LogP contribution in [0.3, 0.4) is 0 Å². The topological polar surface area (TPSA) is 76.8 Å². The lowest BCUT2D eigenvalue weighted by Gasteiger charge is -2.37. The molecule has 0 spiro atoms. The zero-order valence-corrected chi connectivity index (χ0v) is 16.7. The van der Waals surface area contributed by atoms with Crippen molar-refractivity contribution >= 4 is 5.91 Å². The van der Waals surface area contributed by atoms with E-state index in [1.54, 1.807) is 6.20 Å². The van der Waals surface area contributed by atoms with Gasteiger partial charge in [-0.2, -0.15) is 0 Å². The van der Waals surface area contributed by atoms with Gasteiger partial charge in [0, 0.05) is 56.6 Å². The van der Waals surface area contributed by atoms with Gasteiger partial charge in [-0.1, -0.05) is 30.3 Å². The average Bonchev–Trinajstić information content (AvgIpc) is 3.46. The van der Waals surface area contributed by atoms with Crippen molar-refractivity contribution in [2.45, 2.75) is 25.3 Å². The third-order valence-electron chi connectivity index (χ3n) is 5.71. The minimum atomic E-state index is 0.0293.